The third kappa shape index (κ3) is 3.18. The van der Waals surface area contributed by atoms with E-state index in [-0.39, 0.29) is 0 Å². The van der Waals surface area contributed by atoms with Gasteiger partial charge < -0.3 is 10.1 Å². The molecule has 0 saturated carbocycles. The number of pyridine rings is 1. The fourth-order valence-electron chi connectivity index (χ4n) is 3.19. The Morgan fingerprint density at radius 3 is 3.10 bits per heavy atom. The van der Waals surface area contributed by atoms with Crippen LogP contribution in [-0.2, 0) is 4.74 Å². The molecule has 1 aliphatic rings. The Morgan fingerprint density at radius 1 is 1.33 bits per heavy atom. The van der Waals surface area contributed by atoms with Crippen LogP contribution in [0.1, 0.15) is 38.2 Å². The van der Waals surface area contributed by atoms with Crippen LogP contribution >= 0.6 is 0 Å². The molecular weight excluding hydrogens is 260 g/mol. The van der Waals surface area contributed by atoms with Gasteiger partial charge in [-0.1, -0.05) is 19.4 Å². The number of ether oxygens (including phenoxy) is 1. The molecule has 0 amide bonds. The molecule has 1 aromatic carbocycles. The number of benzene rings is 1. The first-order chi connectivity index (χ1) is 10.3. The summed E-state index contributed by atoms with van der Waals surface area (Å²) in [6, 6.07) is 9.00. The highest BCUT2D eigenvalue weighted by atomic mass is 16.5. The van der Waals surface area contributed by atoms with Gasteiger partial charge in [-0.15, -0.1) is 0 Å². The largest absolute Gasteiger partial charge is 0.382 e. The molecule has 2 atom stereocenters. The van der Waals surface area contributed by atoms with Gasteiger partial charge in [0.15, 0.2) is 0 Å². The predicted octanol–water partition coefficient (Wildman–Crippen LogP) is 4.30. The number of hydrogen-bond acceptors (Lipinski definition) is 3. The van der Waals surface area contributed by atoms with E-state index in [0.29, 0.717) is 12.1 Å². The van der Waals surface area contributed by atoms with Crippen LogP contribution in [0.2, 0.25) is 0 Å². The summed E-state index contributed by atoms with van der Waals surface area (Å²) in [5.74, 6) is 0. The third-order valence-corrected chi connectivity index (χ3v) is 4.31. The number of aromatic nitrogens is 1. The number of hydrogen-bond donors (Lipinski definition) is 1. The molecule has 3 heteroatoms. The van der Waals surface area contributed by atoms with E-state index in [9.17, 15) is 0 Å². The highest BCUT2D eigenvalue weighted by molar-refractivity contribution is 5.93. The minimum atomic E-state index is 0.413. The van der Waals surface area contributed by atoms with Crippen molar-refractivity contribution in [1.29, 1.82) is 0 Å². The zero-order valence-corrected chi connectivity index (χ0v) is 12.9. The molecule has 21 heavy (non-hydrogen) atoms. The Balaban J connectivity index is 1.80. The fourth-order valence-corrected chi connectivity index (χ4v) is 3.19. The lowest BCUT2D eigenvalue weighted by Gasteiger charge is -2.31. The Hall–Kier alpha value is -1.61. The second-order valence-electron chi connectivity index (χ2n) is 5.98. The van der Waals surface area contributed by atoms with Crippen molar-refractivity contribution in [2.45, 2.75) is 51.7 Å². The van der Waals surface area contributed by atoms with Gasteiger partial charge in [-0.3, -0.25) is 4.98 Å². The first kappa shape index (κ1) is 14.3. The Morgan fingerprint density at radius 2 is 2.24 bits per heavy atom. The van der Waals surface area contributed by atoms with Crippen LogP contribution in [0.4, 0.5) is 5.69 Å². The van der Waals surface area contributed by atoms with Crippen molar-refractivity contribution in [3.63, 3.8) is 0 Å². The SMILES string of the molecule is CCCC1CC(Nc2ccc(C)c3ncccc23)CCO1. The molecule has 1 N–H and O–H groups in total. The van der Waals surface area contributed by atoms with Crippen molar-refractivity contribution >= 4 is 16.6 Å². The van der Waals surface area contributed by atoms with E-state index in [0.717, 1.165) is 31.4 Å². The van der Waals surface area contributed by atoms with E-state index >= 15 is 0 Å². The lowest BCUT2D eigenvalue weighted by atomic mass is 9.99. The summed E-state index contributed by atoms with van der Waals surface area (Å²) in [4.78, 5) is 4.51. The normalized spacial score (nSPS) is 22.4. The maximum absolute atomic E-state index is 5.84. The molecule has 0 spiro atoms. The summed E-state index contributed by atoms with van der Waals surface area (Å²) in [5, 5.41) is 4.94. The van der Waals surface area contributed by atoms with Gasteiger partial charge in [0.25, 0.3) is 0 Å². The molecule has 0 radical (unpaired) electrons. The number of fused-ring (bicyclic) bond motifs is 1. The first-order valence-corrected chi connectivity index (χ1v) is 8.00. The van der Waals surface area contributed by atoms with Gasteiger partial charge in [0.1, 0.15) is 0 Å². The van der Waals surface area contributed by atoms with E-state index in [1.54, 1.807) is 0 Å². The van der Waals surface area contributed by atoms with Crippen molar-refractivity contribution in [3.8, 4) is 0 Å². The molecule has 2 aromatic rings. The summed E-state index contributed by atoms with van der Waals surface area (Å²) < 4.78 is 5.84. The van der Waals surface area contributed by atoms with Gasteiger partial charge in [-0.25, -0.2) is 0 Å². The maximum Gasteiger partial charge on any atom is 0.0751 e. The van der Waals surface area contributed by atoms with Crippen LogP contribution in [0.5, 0.6) is 0 Å². The first-order valence-electron chi connectivity index (χ1n) is 8.00. The van der Waals surface area contributed by atoms with Crippen LogP contribution in [0.3, 0.4) is 0 Å². The summed E-state index contributed by atoms with van der Waals surface area (Å²) in [5.41, 5.74) is 3.53. The molecule has 3 rings (SSSR count). The van der Waals surface area contributed by atoms with Gasteiger partial charge in [0.05, 0.1) is 11.6 Å². The number of nitrogens with one attached hydrogen (secondary N) is 1. The molecular formula is C18H24N2O. The summed E-state index contributed by atoms with van der Waals surface area (Å²) in [6.07, 6.45) is 6.81. The van der Waals surface area contributed by atoms with Crippen LogP contribution in [0, 0.1) is 6.92 Å². The second-order valence-corrected chi connectivity index (χ2v) is 5.98. The van der Waals surface area contributed by atoms with Crippen LogP contribution in [-0.4, -0.2) is 23.7 Å². The predicted molar refractivity (Wildman–Crippen MR) is 87.8 cm³/mol. The van der Waals surface area contributed by atoms with Crippen molar-refractivity contribution in [3.05, 3.63) is 36.0 Å². The van der Waals surface area contributed by atoms with Crippen molar-refractivity contribution in [2.24, 2.45) is 0 Å². The van der Waals surface area contributed by atoms with Crippen molar-refractivity contribution in [2.75, 3.05) is 11.9 Å². The monoisotopic (exact) mass is 284 g/mol. The quantitative estimate of drug-likeness (QED) is 0.908. The van der Waals surface area contributed by atoms with E-state index < -0.39 is 0 Å². The number of rotatable bonds is 4. The second kappa shape index (κ2) is 6.44. The number of aryl methyl sites for hydroxylation is 1. The smallest absolute Gasteiger partial charge is 0.0751 e. The molecule has 2 heterocycles. The maximum atomic E-state index is 5.84. The molecule has 0 bridgehead atoms. The van der Waals surface area contributed by atoms with E-state index in [2.05, 4.69) is 42.3 Å². The standard InChI is InChI=1S/C18H24N2O/c1-3-5-15-12-14(9-11-21-15)20-17-8-7-13(2)18-16(17)6-4-10-19-18/h4,6-8,10,14-15,20H,3,5,9,11-12H2,1-2H3. The molecule has 2 unspecified atom stereocenters. The highest BCUT2D eigenvalue weighted by Gasteiger charge is 2.22. The highest BCUT2D eigenvalue weighted by Crippen LogP contribution is 2.28. The van der Waals surface area contributed by atoms with E-state index in [1.165, 1.54) is 23.1 Å². The van der Waals surface area contributed by atoms with E-state index in [1.807, 2.05) is 12.3 Å². The van der Waals surface area contributed by atoms with Crippen LogP contribution in [0.15, 0.2) is 30.5 Å². The average molecular weight is 284 g/mol. The molecule has 3 nitrogen and oxygen atoms in total. The number of anilines is 1. The zero-order valence-electron chi connectivity index (χ0n) is 12.9. The molecule has 1 aliphatic heterocycles. The van der Waals surface area contributed by atoms with Gasteiger partial charge in [0.2, 0.25) is 0 Å². The third-order valence-electron chi connectivity index (χ3n) is 4.31. The van der Waals surface area contributed by atoms with E-state index in [4.69, 9.17) is 4.74 Å². The zero-order chi connectivity index (χ0) is 14.7. The minimum Gasteiger partial charge on any atom is -0.382 e. The van der Waals surface area contributed by atoms with Crippen LogP contribution < -0.4 is 5.32 Å². The Bertz CT molecular complexity index is 609. The molecule has 1 saturated heterocycles. The van der Waals surface area contributed by atoms with Gasteiger partial charge in [0, 0.05) is 29.9 Å². The van der Waals surface area contributed by atoms with Crippen molar-refractivity contribution in [1.82, 2.24) is 4.98 Å². The fraction of sp³-hybridized carbons (Fsp3) is 0.500. The number of nitrogens with zero attached hydrogens (tertiary/aromatic N) is 1. The van der Waals surface area contributed by atoms with Crippen molar-refractivity contribution < 1.29 is 4.74 Å². The Labute approximate surface area is 126 Å². The summed E-state index contributed by atoms with van der Waals surface area (Å²) >= 11 is 0. The van der Waals surface area contributed by atoms with Gasteiger partial charge in [-0.05, 0) is 49.9 Å². The van der Waals surface area contributed by atoms with Gasteiger partial charge >= 0.3 is 0 Å². The minimum absolute atomic E-state index is 0.413. The molecule has 0 aliphatic carbocycles. The molecule has 1 fully saturated rings. The topological polar surface area (TPSA) is 34.2 Å². The molecule has 112 valence electrons. The lowest BCUT2D eigenvalue weighted by molar-refractivity contribution is 0.00599. The Kier molecular flexibility index (Phi) is 4.39. The lowest BCUT2D eigenvalue weighted by Crippen LogP contribution is -2.34. The van der Waals surface area contributed by atoms with Gasteiger partial charge in [-0.2, -0.15) is 0 Å². The van der Waals surface area contributed by atoms with Crippen LogP contribution in [0.25, 0.3) is 10.9 Å². The summed E-state index contributed by atoms with van der Waals surface area (Å²) in [7, 11) is 0. The average Bonchev–Trinajstić information content (AvgIpc) is 2.51. The summed E-state index contributed by atoms with van der Waals surface area (Å²) in [6.45, 7) is 5.20. The molecule has 1 aromatic heterocycles.